The highest BCUT2D eigenvalue weighted by Gasteiger charge is 2.35. The van der Waals surface area contributed by atoms with E-state index in [2.05, 4.69) is 15.2 Å². The quantitative estimate of drug-likeness (QED) is 0.789. The number of ether oxygens (including phenoxy) is 1. The molecule has 0 aromatic carbocycles. The molecule has 4 rings (SSSR count). The van der Waals surface area contributed by atoms with Crippen LogP contribution in [-0.2, 0) is 20.7 Å². The van der Waals surface area contributed by atoms with Crippen LogP contribution in [0.4, 0.5) is 0 Å². The van der Waals surface area contributed by atoms with Gasteiger partial charge in [-0.1, -0.05) is 12.5 Å². The molecule has 1 aromatic heterocycles. The number of aromatic nitrogens is 1. The van der Waals surface area contributed by atoms with Crippen molar-refractivity contribution < 1.29 is 14.3 Å². The van der Waals surface area contributed by atoms with Crippen molar-refractivity contribution in [2.45, 2.75) is 56.7 Å². The van der Waals surface area contributed by atoms with Crippen LogP contribution in [0.15, 0.2) is 24.5 Å². The predicted octanol–water partition coefficient (Wildman–Crippen LogP) is 0.985. The van der Waals surface area contributed by atoms with E-state index >= 15 is 0 Å². The number of rotatable bonds is 6. The second-order valence-electron chi connectivity index (χ2n) is 8.17. The zero-order chi connectivity index (χ0) is 19.3. The maximum absolute atomic E-state index is 12.4. The Morgan fingerprint density at radius 1 is 1.21 bits per heavy atom. The zero-order valence-corrected chi connectivity index (χ0v) is 16.4. The first-order valence-corrected chi connectivity index (χ1v) is 10.5. The van der Waals surface area contributed by atoms with Crippen molar-refractivity contribution in [2.75, 3.05) is 32.8 Å². The molecule has 3 aliphatic rings. The van der Waals surface area contributed by atoms with Gasteiger partial charge >= 0.3 is 0 Å². The number of piperidine rings is 1. The summed E-state index contributed by atoms with van der Waals surface area (Å²) in [6.45, 7) is 3.30. The first kappa shape index (κ1) is 19.3. The Balaban J connectivity index is 1.23. The first-order chi connectivity index (χ1) is 13.7. The van der Waals surface area contributed by atoms with Crippen molar-refractivity contribution in [3.63, 3.8) is 0 Å². The fourth-order valence-corrected chi connectivity index (χ4v) is 4.41. The van der Waals surface area contributed by atoms with E-state index in [4.69, 9.17) is 4.74 Å². The lowest BCUT2D eigenvalue weighted by Gasteiger charge is -2.45. The van der Waals surface area contributed by atoms with Gasteiger partial charge in [-0.3, -0.25) is 14.6 Å². The lowest BCUT2D eigenvalue weighted by molar-refractivity contribution is -0.153. The summed E-state index contributed by atoms with van der Waals surface area (Å²) in [7, 11) is 0. The minimum atomic E-state index is -0.139. The van der Waals surface area contributed by atoms with Gasteiger partial charge in [0, 0.05) is 50.7 Å². The standard InChI is InChI=1S/C21H30N4O3/c26-20(11-16-3-2-8-22-12-16)23-13-19-14-25(21(27)15-28-19)18-6-9-24(10-7-18)17-4-1-5-17/h2-3,8,12,17-19H,1,4-7,9-11,13-15H2,(H,23,26)/t19-/m1/s1. The molecule has 3 heterocycles. The Kier molecular flexibility index (Phi) is 6.22. The van der Waals surface area contributed by atoms with Crippen LogP contribution < -0.4 is 5.32 Å². The van der Waals surface area contributed by atoms with Crippen molar-refractivity contribution >= 4 is 11.8 Å². The Morgan fingerprint density at radius 2 is 2.04 bits per heavy atom. The van der Waals surface area contributed by atoms with Gasteiger partial charge in [-0.25, -0.2) is 0 Å². The molecular formula is C21H30N4O3. The van der Waals surface area contributed by atoms with Crippen molar-refractivity contribution in [3.05, 3.63) is 30.1 Å². The maximum Gasteiger partial charge on any atom is 0.248 e. The summed E-state index contributed by atoms with van der Waals surface area (Å²) in [5, 5.41) is 2.94. The normalized spacial score (nSPS) is 24.8. The minimum absolute atomic E-state index is 0.0474. The van der Waals surface area contributed by atoms with Crippen molar-refractivity contribution in [2.24, 2.45) is 0 Å². The van der Waals surface area contributed by atoms with E-state index in [9.17, 15) is 9.59 Å². The zero-order valence-electron chi connectivity index (χ0n) is 16.4. The number of hydrogen-bond acceptors (Lipinski definition) is 5. The third-order valence-corrected chi connectivity index (χ3v) is 6.31. The van der Waals surface area contributed by atoms with E-state index in [1.54, 1.807) is 12.4 Å². The lowest BCUT2D eigenvalue weighted by atomic mass is 9.89. The van der Waals surface area contributed by atoms with Gasteiger partial charge in [0.2, 0.25) is 11.8 Å². The van der Waals surface area contributed by atoms with E-state index in [1.165, 1.54) is 19.3 Å². The van der Waals surface area contributed by atoms with Crippen LogP contribution >= 0.6 is 0 Å². The number of nitrogens with one attached hydrogen (secondary N) is 1. The number of nitrogens with zero attached hydrogens (tertiary/aromatic N) is 3. The fraction of sp³-hybridized carbons (Fsp3) is 0.667. The highest BCUT2D eigenvalue weighted by molar-refractivity contribution is 5.79. The third-order valence-electron chi connectivity index (χ3n) is 6.31. The SMILES string of the molecule is O=C(Cc1cccnc1)NC[C@@H]1CN(C2CCN(C3CCC3)CC2)C(=O)CO1. The van der Waals surface area contributed by atoms with E-state index in [0.717, 1.165) is 37.5 Å². The van der Waals surface area contributed by atoms with Crippen LogP contribution in [0.25, 0.3) is 0 Å². The van der Waals surface area contributed by atoms with Gasteiger partial charge < -0.3 is 19.9 Å². The number of hydrogen-bond donors (Lipinski definition) is 1. The van der Waals surface area contributed by atoms with E-state index in [-0.39, 0.29) is 24.5 Å². The van der Waals surface area contributed by atoms with Crippen molar-refractivity contribution in [1.29, 1.82) is 0 Å². The molecule has 1 aromatic rings. The summed E-state index contributed by atoms with van der Waals surface area (Å²) in [6, 6.07) is 4.80. The molecule has 28 heavy (non-hydrogen) atoms. The monoisotopic (exact) mass is 386 g/mol. The average Bonchev–Trinajstić information content (AvgIpc) is 2.67. The van der Waals surface area contributed by atoms with Crippen LogP contribution in [0.3, 0.4) is 0 Å². The predicted molar refractivity (Wildman–Crippen MR) is 105 cm³/mol. The minimum Gasteiger partial charge on any atom is -0.365 e. The van der Waals surface area contributed by atoms with Gasteiger partial charge in [0.1, 0.15) is 6.61 Å². The van der Waals surface area contributed by atoms with Gasteiger partial charge in [-0.2, -0.15) is 0 Å². The van der Waals surface area contributed by atoms with Crippen molar-refractivity contribution in [3.8, 4) is 0 Å². The summed E-state index contributed by atoms with van der Waals surface area (Å²) < 4.78 is 5.67. The van der Waals surface area contributed by atoms with E-state index in [1.807, 2.05) is 17.0 Å². The molecule has 0 spiro atoms. The largest absolute Gasteiger partial charge is 0.365 e. The topological polar surface area (TPSA) is 74.8 Å². The number of pyridine rings is 1. The van der Waals surface area contributed by atoms with Gasteiger partial charge in [-0.15, -0.1) is 0 Å². The van der Waals surface area contributed by atoms with Gasteiger partial charge in [-0.05, 0) is 37.3 Å². The Hall–Kier alpha value is -1.99. The Bertz CT molecular complexity index is 671. The summed E-state index contributed by atoms with van der Waals surface area (Å²) in [6.07, 6.45) is 9.69. The molecule has 2 aliphatic heterocycles. The van der Waals surface area contributed by atoms with E-state index < -0.39 is 0 Å². The third kappa shape index (κ3) is 4.70. The lowest BCUT2D eigenvalue weighted by Crippen LogP contribution is -2.57. The van der Waals surface area contributed by atoms with Crippen LogP contribution in [0.2, 0.25) is 0 Å². The molecule has 0 bridgehead atoms. The molecule has 1 aliphatic carbocycles. The van der Waals surface area contributed by atoms with Crippen molar-refractivity contribution in [1.82, 2.24) is 20.1 Å². The molecule has 0 unspecified atom stereocenters. The smallest absolute Gasteiger partial charge is 0.248 e. The number of amides is 2. The Morgan fingerprint density at radius 3 is 2.71 bits per heavy atom. The fourth-order valence-electron chi connectivity index (χ4n) is 4.41. The second kappa shape index (κ2) is 9.01. The molecule has 152 valence electrons. The number of morpholine rings is 1. The molecule has 2 saturated heterocycles. The van der Waals surface area contributed by atoms with Crippen LogP contribution in [0.5, 0.6) is 0 Å². The molecule has 2 amide bonds. The Labute approximate surface area is 166 Å². The number of carbonyl (C=O) groups excluding carboxylic acids is 2. The molecule has 7 heteroatoms. The second-order valence-corrected chi connectivity index (χ2v) is 8.17. The van der Waals surface area contributed by atoms with Gasteiger partial charge in [0.05, 0.1) is 12.5 Å². The summed E-state index contributed by atoms with van der Waals surface area (Å²) >= 11 is 0. The molecular weight excluding hydrogens is 356 g/mol. The van der Waals surface area contributed by atoms with Crippen LogP contribution in [0, 0.1) is 0 Å². The number of carbonyl (C=O) groups is 2. The molecule has 1 atom stereocenters. The van der Waals surface area contributed by atoms with Gasteiger partial charge in [0.15, 0.2) is 0 Å². The molecule has 7 nitrogen and oxygen atoms in total. The number of likely N-dealkylation sites (tertiary alicyclic amines) is 1. The molecule has 3 fully saturated rings. The van der Waals surface area contributed by atoms with Crippen LogP contribution in [0.1, 0.15) is 37.7 Å². The summed E-state index contributed by atoms with van der Waals surface area (Å²) in [5.41, 5.74) is 0.889. The summed E-state index contributed by atoms with van der Waals surface area (Å²) in [4.78, 5) is 33.2. The highest BCUT2D eigenvalue weighted by Crippen LogP contribution is 2.29. The highest BCUT2D eigenvalue weighted by atomic mass is 16.5. The summed E-state index contributed by atoms with van der Waals surface area (Å²) in [5.74, 6) is 0.0360. The van der Waals surface area contributed by atoms with Gasteiger partial charge in [0.25, 0.3) is 0 Å². The molecule has 0 radical (unpaired) electrons. The van der Waals surface area contributed by atoms with Crippen LogP contribution in [-0.4, -0.2) is 77.6 Å². The molecule has 1 N–H and O–H groups in total. The molecule has 1 saturated carbocycles. The maximum atomic E-state index is 12.4. The van der Waals surface area contributed by atoms with E-state index in [0.29, 0.717) is 25.6 Å². The average molecular weight is 386 g/mol. The first-order valence-electron chi connectivity index (χ1n) is 10.5.